The number of methoxy groups -OCH3 is 1. The van der Waals surface area contributed by atoms with E-state index in [0.29, 0.717) is 24.7 Å². The van der Waals surface area contributed by atoms with E-state index in [1.165, 1.54) is 24.7 Å². The lowest BCUT2D eigenvalue weighted by atomic mass is 9.69. The van der Waals surface area contributed by atoms with Crippen LogP contribution < -0.4 is 5.32 Å². The van der Waals surface area contributed by atoms with Crippen LogP contribution in [-0.4, -0.2) is 42.6 Å². The molecule has 27 heavy (non-hydrogen) atoms. The van der Waals surface area contributed by atoms with Crippen molar-refractivity contribution in [3.8, 4) is 0 Å². The van der Waals surface area contributed by atoms with Crippen molar-refractivity contribution < 1.29 is 14.3 Å². The molecule has 2 atom stereocenters. The summed E-state index contributed by atoms with van der Waals surface area (Å²) in [5, 5.41) is 2.85. The molecule has 0 radical (unpaired) electrons. The van der Waals surface area contributed by atoms with Crippen molar-refractivity contribution >= 4 is 12.0 Å². The lowest BCUT2D eigenvalue weighted by Gasteiger charge is -2.45. The fourth-order valence-electron chi connectivity index (χ4n) is 5.16. The minimum atomic E-state index is -0.422. The Morgan fingerprint density at radius 2 is 1.85 bits per heavy atom. The molecule has 1 aliphatic heterocycles. The van der Waals surface area contributed by atoms with Crippen LogP contribution in [0.5, 0.6) is 0 Å². The Morgan fingerprint density at radius 1 is 1.19 bits per heavy atom. The van der Waals surface area contributed by atoms with Crippen LogP contribution in [-0.2, 0) is 14.9 Å². The largest absolute Gasteiger partial charge is 0.453 e. The summed E-state index contributed by atoms with van der Waals surface area (Å²) in [6.45, 7) is 8.12. The van der Waals surface area contributed by atoms with Crippen LogP contribution in [0.25, 0.3) is 0 Å². The molecule has 5 nitrogen and oxygen atoms in total. The smallest absolute Gasteiger partial charge is 0.407 e. The van der Waals surface area contributed by atoms with Crippen LogP contribution in [0.15, 0.2) is 24.3 Å². The Balaban J connectivity index is 1.36. The number of alkyl carbamates (subject to hydrolysis) is 1. The first-order chi connectivity index (χ1) is 12.8. The van der Waals surface area contributed by atoms with E-state index in [2.05, 4.69) is 53.1 Å². The Kier molecular flexibility index (Phi) is 4.24. The van der Waals surface area contributed by atoms with Gasteiger partial charge in [-0.15, -0.1) is 0 Å². The quantitative estimate of drug-likeness (QED) is 0.883. The van der Waals surface area contributed by atoms with Crippen LogP contribution in [0.1, 0.15) is 57.1 Å². The number of nitrogens with one attached hydrogen (secondary N) is 1. The summed E-state index contributed by atoms with van der Waals surface area (Å²) in [5.41, 5.74) is 2.62. The highest BCUT2D eigenvalue weighted by molar-refractivity contribution is 5.82. The van der Waals surface area contributed by atoms with Gasteiger partial charge in [-0.25, -0.2) is 4.79 Å². The minimum Gasteiger partial charge on any atom is -0.453 e. The fourth-order valence-corrected chi connectivity index (χ4v) is 5.16. The fraction of sp³-hybridized carbons (Fsp3) is 0.636. The third-order valence-electron chi connectivity index (χ3n) is 6.94. The van der Waals surface area contributed by atoms with Gasteiger partial charge in [-0.05, 0) is 49.1 Å². The summed E-state index contributed by atoms with van der Waals surface area (Å²) in [6.07, 6.45) is 2.16. The number of fused-ring (bicyclic) bond motifs is 1. The van der Waals surface area contributed by atoms with Crippen LogP contribution >= 0.6 is 0 Å². The first-order valence-corrected chi connectivity index (χ1v) is 10.0. The monoisotopic (exact) mass is 370 g/mol. The zero-order valence-electron chi connectivity index (χ0n) is 16.7. The SMILES string of the molecule is COC(=O)N[C@]1(C)C[C@H](C(=O)N2CC3CC3(c3ccc(C(C)C)cc3)C2)C1. The molecule has 5 heteroatoms. The van der Waals surface area contributed by atoms with Crippen LogP contribution in [0, 0.1) is 11.8 Å². The summed E-state index contributed by atoms with van der Waals surface area (Å²) in [6, 6.07) is 9.02. The second-order valence-corrected chi connectivity index (χ2v) is 9.34. The molecule has 2 amide bonds. The van der Waals surface area contributed by atoms with Crippen LogP contribution in [0.2, 0.25) is 0 Å². The number of carbonyl (C=O) groups is 2. The standard InChI is InChI=1S/C22H30N2O3/c1-14(2)15-5-7-17(8-6-15)22-11-18(22)12-24(13-22)19(25)16-9-21(3,10-16)23-20(26)27-4/h5-8,14,16,18H,9-13H2,1-4H3,(H,23,26)/t16-,18?,21+,22?. The van der Waals surface area contributed by atoms with E-state index < -0.39 is 6.09 Å². The van der Waals surface area contributed by atoms with Crippen molar-refractivity contribution in [3.63, 3.8) is 0 Å². The third-order valence-corrected chi connectivity index (χ3v) is 6.94. The molecule has 1 heterocycles. The topological polar surface area (TPSA) is 58.6 Å². The summed E-state index contributed by atoms with van der Waals surface area (Å²) >= 11 is 0. The number of rotatable bonds is 4. The van der Waals surface area contributed by atoms with E-state index in [-0.39, 0.29) is 22.8 Å². The molecule has 2 unspecified atom stereocenters. The molecule has 4 rings (SSSR count). The minimum absolute atomic E-state index is 0.0185. The summed E-state index contributed by atoms with van der Waals surface area (Å²) in [5.74, 6) is 1.42. The van der Waals surface area contributed by atoms with Crippen molar-refractivity contribution in [1.82, 2.24) is 10.2 Å². The van der Waals surface area contributed by atoms with Crippen LogP contribution in [0.4, 0.5) is 4.79 Å². The average Bonchev–Trinajstić information content (AvgIpc) is 3.20. The molecule has 146 valence electrons. The maximum absolute atomic E-state index is 12.9. The molecule has 2 saturated carbocycles. The number of ether oxygens (including phenoxy) is 1. The first-order valence-electron chi connectivity index (χ1n) is 10.0. The number of nitrogens with zero attached hydrogens (tertiary/aromatic N) is 1. The number of hydrogen-bond acceptors (Lipinski definition) is 3. The number of carbonyl (C=O) groups excluding carboxylic acids is 2. The zero-order valence-corrected chi connectivity index (χ0v) is 16.7. The highest BCUT2D eigenvalue weighted by Crippen LogP contribution is 2.59. The van der Waals surface area contributed by atoms with Crippen molar-refractivity contribution in [2.45, 2.75) is 56.9 Å². The molecule has 0 aromatic heterocycles. The van der Waals surface area contributed by atoms with Gasteiger partial charge < -0.3 is 15.0 Å². The van der Waals surface area contributed by atoms with E-state index in [9.17, 15) is 9.59 Å². The third kappa shape index (κ3) is 3.11. The predicted molar refractivity (Wildman–Crippen MR) is 104 cm³/mol. The van der Waals surface area contributed by atoms with Gasteiger partial charge in [0, 0.05) is 30.0 Å². The molecule has 1 aromatic carbocycles. The number of benzene rings is 1. The van der Waals surface area contributed by atoms with E-state index >= 15 is 0 Å². The number of hydrogen-bond donors (Lipinski definition) is 1. The van der Waals surface area contributed by atoms with Gasteiger partial charge in [0.05, 0.1) is 7.11 Å². The van der Waals surface area contributed by atoms with Gasteiger partial charge in [0.15, 0.2) is 0 Å². The van der Waals surface area contributed by atoms with Gasteiger partial charge in [-0.3, -0.25) is 4.79 Å². The molecule has 0 spiro atoms. The number of amides is 2. The molecule has 1 aromatic rings. The summed E-state index contributed by atoms with van der Waals surface area (Å²) < 4.78 is 4.68. The highest BCUT2D eigenvalue weighted by atomic mass is 16.5. The predicted octanol–water partition coefficient (Wildman–Crippen LogP) is 3.43. The first kappa shape index (κ1) is 18.3. The van der Waals surface area contributed by atoms with Gasteiger partial charge in [0.1, 0.15) is 0 Å². The van der Waals surface area contributed by atoms with Gasteiger partial charge in [-0.1, -0.05) is 38.1 Å². The molecule has 3 aliphatic rings. The maximum Gasteiger partial charge on any atom is 0.407 e. The van der Waals surface area contributed by atoms with Crippen molar-refractivity contribution in [2.24, 2.45) is 11.8 Å². The maximum atomic E-state index is 12.9. The molecule has 1 N–H and O–H groups in total. The molecule has 3 fully saturated rings. The Bertz CT molecular complexity index is 751. The van der Waals surface area contributed by atoms with Gasteiger partial charge in [-0.2, -0.15) is 0 Å². The molecular formula is C22H30N2O3. The zero-order chi connectivity index (χ0) is 19.4. The number of piperidine rings is 1. The molecule has 0 bridgehead atoms. The number of likely N-dealkylation sites (tertiary alicyclic amines) is 1. The van der Waals surface area contributed by atoms with E-state index in [4.69, 9.17) is 0 Å². The Hall–Kier alpha value is -2.04. The highest BCUT2D eigenvalue weighted by Gasteiger charge is 2.62. The van der Waals surface area contributed by atoms with Gasteiger partial charge in [0.2, 0.25) is 5.91 Å². The lowest BCUT2D eigenvalue weighted by molar-refractivity contribution is -0.140. The lowest BCUT2D eigenvalue weighted by Crippen LogP contribution is -2.58. The average molecular weight is 370 g/mol. The van der Waals surface area contributed by atoms with Crippen LogP contribution in [0.3, 0.4) is 0 Å². The summed E-state index contributed by atoms with van der Waals surface area (Å²) in [4.78, 5) is 26.4. The van der Waals surface area contributed by atoms with E-state index in [1.54, 1.807) is 0 Å². The normalized spacial score (nSPS) is 34.0. The molecule has 2 aliphatic carbocycles. The van der Waals surface area contributed by atoms with Crippen molar-refractivity contribution in [2.75, 3.05) is 20.2 Å². The second kappa shape index (κ2) is 6.25. The second-order valence-electron chi connectivity index (χ2n) is 9.34. The Labute approximate surface area is 161 Å². The Morgan fingerprint density at radius 3 is 2.44 bits per heavy atom. The van der Waals surface area contributed by atoms with E-state index in [1.807, 2.05) is 6.92 Å². The van der Waals surface area contributed by atoms with Crippen molar-refractivity contribution in [1.29, 1.82) is 0 Å². The molecule has 1 saturated heterocycles. The summed E-state index contributed by atoms with van der Waals surface area (Å²) in [7, 11) is 1.36. The van der Waals surface area contributed by atoms with Gasteiger partial charge >= 0.3 is 6.09 Å². The van der Waals surface area contributed by atoms with Gasteiger partial charge in [0.25, 0.3) is 0 Å². The molecular weight excluding hydrogens is 340 g/mol. The van der Waals surface area contributed by atoms with Crippen molar-refractivity contribution in [3.05, 3.63) is 35.4 Å². The van der Waals surface area contributed by atoms with E-state index in [0.717, 1.165) is 13.1 Å².